The zero-order valence-corrected chi connectivity index (χ0v) is 8.55. The Morgan fingerprint density at radius 3 is 2.62 bits per heavy atom. The van der Waals surface area contributed by atoms with Gasteiger partial charge in [0.1, 0.15) is 5.69 Å². The lowest BCUT2D eigenvalue weighted by Crippen LogP contribution is -2.14. The molecule has 2 aromatic heterocycles. The lowest BCUT2D eigenvalue weighted by Gasteiger charge is -2.03. The SMILES string of the molecule is O=c1[nH]cnc(-c2ncccn2)c1C1CC1. The molecule has 80 valence electrons. The van der Waals surface area contributed by atoms with Crippen LogP contribution in [0.4, 0.5) is 0 Å². The number of hydrogen-bond donors (Lipinski definition) is 1. The van der Waals surface area contributed by atoms with Crippen LogP contribution in [0.2, 0.25) is 0 Å². The number of aromatic amines is 1. The molecule has 1 aliphatic rings. The highest BCUT2D eigenvalue weighted by atomic mass is 16.1. The molecule has 0 unspecified atom stereocenters. The Hall–Kier alpha value is -2.04. The molecular weight excluding hydrogens is 204 g/mol. The molecule has 1 saturated carbocycles. The van der Waals surface area contributed by atoms with Crippen LogP contribution in [0.3, 0.4) is 0 Å². The predicted octanol–water partition coefficient (Wildman–Crippen LogP) is 1.10. The zero-order chi connectivity index (χ0) is 11.0. The molecule has 1 fully saturated rings. The van der Waals surface area contributed by atoms with Gasteiger partial charge in [0.2, 0.25) is 0 Å². The second-order valence-corrected chi connectivity index (χ2v) is 3.84. The van der Waals surface area contributed by atoms with E-state index in [-0.39, 0.29) is 5.56 Å². The van der Waals surface area contributed by atoms with Crippen LogP contribution in [-0.2, 0) is 0 Å². The average molecular weight is 214 g/mol. The van der Waals surface area contributed by atoms with Gasteiger partial charge >= 0.3 is 0 Å². The van der Waals surface area contributed by atoms with Crippen molar-refractivity contribution in [3.8, 4) is 11.5 Å². The number of H-pyrrole nitrogens is 1. The van der Waals surface area contributed by atoms with Crippen molar-refractivity contribution in [1.82, 2.24) is 19.9 Å². The third kappa shape index (κ3) is 1.50. The van der Waals surface area contributed by atoms with Crippen molar-refractivity contribution in [3.05, 3.63) is 40.7 Å². The maximum absolute atomic E-state index is 11.7. The van der Waals surface area contributed by atoms with E-state index in [0.717, 1.165) is 18.4 Å². The maximum Gasteiger partial charge on any atom is 0.254 e. The summed E-state index contributed by atoms with van der Waals surface area (Å²) in [4.78, 5) is 26.8. The highest BCUT2D eigenvalue weighted by molar-refractivity contribution is 5.55. The monoisotopic (exact) mass is 214 g/mol. The van der Waals surface area contributed by atoms with Gasteiger partial charge in [-0.2, -0.15) is 0 Å². The Kier molecular flexibility index (Phi) is 2.02. The minimum atomic E-state index is -0.0695. The van der Waals surface area contributed by atoms with Gasteiger partial charge in [-0.3, -0.25) is 4.79 Å². The van der Waals surface area contributed by atoms with Crippen LogP contribution in [0.15, 0.2) is 29.6 Å². The third-order valence-electron chi connectivity index (χ3n) is 2.65. The van der Waals surface area contributed by atoms with E-state index in [4.69, 9.17) is 0 Å². The Bertz CT molecular complexity index is 560. The summed E-state index contributed by atoms with van der Waals surface area (Å²) in [6.45, 7) is 0. The van der Waals surface area contributed by atoms with Crippen LogP contribution in [0.1, 0.15) is 24.3 Å². The van der Waals surface area contributed by atoms with E-state index in [1.54, 1.807) is 18.5 Å². The number of aromatic nitrogens is 4. The first kappa shape index (κ1) is 9.21. The average Bonchev–Trinajstić information content (AvgIpc) is 3.14. The Morgan fingerprint density at radius 1 is 1.19 bits per heavy atom. The summed E-state index contributed by atoms with van der Waals surface area (Å²) in [6, 6.07) is 1.74. The highest BCUT2D eigenvalue weighted by Gasteiger charge is 2.30. The van der Waals surface area contributed by atoms with Crippen LogP contribution in [0, 0.1) is 0 Å². The molecule has 1 aliphatic carbocycles. The number of nitrogens with one attached hydrogen (secondary N) is 1. The molecule has 0 amide bonds. The molecule has 0 saturated heterocycles. The second kappa shape index (κ2) is 3.52. The second-order valence-electron chi connectivity index (χ2n) is 3.84. The van der Waals surface area contributed by atoms with Gasteiger partial charge in [-0.15, -0.1) is 0 Å². The molecule has 5 nitrogen and oxygen atoms in total. The first-order valence-corrected chi connectivity index (χ1v) is 5.21. The van der Waals surface area contributed by atoms with Crippen LogP contribution in [0.25, 0.3) is 11.5 Å². The molecule has 0 bridgehead atoms. The lowest BCUT2D eigenvalue weighted by molar-refractivity contribution is 0.982. The summed E-state index contributed by atoms with van der Waals surface area (Å²) in [5.41, 5.74) is 1.28. The van der Waals surface area contributed by atoms with Crippen molar-refractivity contribution in [3.63, 3.8) is 0 Å². The fourth-order valence-corrected chi connectivity index (χ4v) is 1.76. The first-order chi connectivity index (χ1) is 7.86. The predicted molar refractivity (Wildman–Crippen MR) is 57.9 cm³/mol. The summed E-state index contributed by atoms with van der Waals surface area (Å²) in [5, 5.41) is 0. The van der Waals surface area contributed by atoms with E-state index in [2.05, 4.69) is 19.9 Å². The van der Waals surface area contributed by atoms with Gasteiger partial charge < -0.3 is 4.98 Å². The standard InChI is InChI=1S/C11H10N4O/c16-11-8(7-2-3-7)9(14-6-15-11)10-12-4-1-5-13-10/h1,4-7H,2-3H2,(H,14,15,16). The topological polar surface area (TPSA) is 71.5 Å². The lowest BCUT2D eigenvalue weighted by atomic mass is 10.1. The Morgan fingerprint density at radius 2 is 1.94 bits per heavy atom. The van der Waals surface area contributed by atoms with Gasteiger partial charge in [-0.05, 0) is 24.8 Å². The Labute approximate surface area is 91.6 Å². The van der Waals surface area contributed by atoms with Gasteiger partial charge in [-0.25, -0.2) is 15.0 Å². The van der Waals surface area contributed by atoms with Gasteiger partial charge in [0, 0.05) is 18.0 Å². The molecule has 2 heterocycles. The largest absolute Gasteiger partial charge is 0.313 e. The normalized spacial score (nSPS) is 15.0. The van der Waals surface area contributed by atoms with E-state index in [0.29, 0.717) is 17.4 Å². The van der Waals surface area contributed by atoms with Gasteiger partial charge in [0.15, 0.2) is 5.82 Å². The fraction of sp³-hybridized carbons (Fsp3) is 0.273. The third-order valence-corrected chi connectivity index (χ3v) is 2.65. The zero-order valence-electron chi connectivity index (χ0n) is 8.55. The molecule has 0 atom stereocenters. The number of nitrogens with zero attached hydrogens (tertiary/aromatic N) is 3. The van der Waals surface area contributed by atoms with E-state index < -0.39 is 0 Å². The van der Waals surface area contributed by atoms with Crippen LogP contribution in [0.5, 0.6) is 0 Å². The quantitative estimate of drug-likeness (QED) is 0.812. The van der Waals surface area contributed by atoms with Crippen molar-refractivity contribution >= 4 is 0 Å². The highest BCUT2D eigenvalue weighted by Crippen LogP contribution is 2.40. The molecule has 1 N–H and O–H groups in total. The van der Waals surface area contributed by atoms with Crippen molar-refractivity contribution in [2.75, 3.05) is 0 Å². The molecule has 0 aliphatic heterocycles. The molecule has 0 radical (unpaired) electrons. The molecular formula is C11H10N4O. The fourth-order valence-electron chi connectivity index (χ4n) is 1.76. The van der Waals surface area contributed by atoms with Crippen molar-refractivity contribution in [2.24, 2.45) is 0 Å². The molecule has 0 aromatic carbocycles. The number of hydrogen-bond acceptors (Lipinski definition) is 4. The van der Waals surface area contributed by atoms with Crippen LogP contribution in [-0.4, -0.2) is 19.9 Å². The molecule has 3 rings (SSSR count). The maximum atomic E-state index is 11.7. The molecule has 0 spiro atoms. The van der Waals surface area contributed by atoms with Gasteiger partial charge in [-0.1, -0.05) is 0 Å². The molecule has 16 heavy (non-hydrogen) atoms. The summed E-state index contributed by atoms with van der Waals surface area (Å²) < 4.78 is 0. The van der Waals surface area contributed by atoms with E-state index in [1.807, 2.05) is 0 Å². The summed E-state index contributed by atoms with van der Waals surface area (Å²) in [5.74, 6) is 0.853. The summed E-state index contributed by atoms with van der Waals surface area (Å²) in [6.07, 6.45) is 6.81. The smallest absolute Gasteiger partial charge is 0.254 e. The van der Waals surface area contributed by atoms with Gasteiger partial charge in [0.05, 0.1) is 6.33 Å². The summed E-state index contributed by atoms with van der Waals surface area (Å²) in [7, 11) is 0. The van der Waals surface area contributed by atoms with Crippen molar-refractivity contribution < 1.29 is 0 Å². The minimum absolute atomic E-state index is 0.0695. The first-order valence-electron chi connectivity index (χ1n) is 5.21. The molecule has 5 heteroatoms. The van der Waals surface area contributed by atoms with Crippen LogP contribution < -0.4 is 5.56 Å². The molecule has 2 aromatic rings. The van der Waals surface area contributed by atoms with Gasteiger partial charge in [0.25, 0.3) is 5.56 Å². The summed E-state index contributed by atoms with van der Waals surface area (Å²) >= 11 is 0. The van der Waals surface area contributed by atoms with E-state index in [1.165, 1.54) is 6.33 Å². The minimum Gasteiger partial charge on any atom is -0.313 e. The Balaban J connectivity index is 2.20. The van der Waals surface area contributed by atoms with Crippen molar-refractivity contribution in [2.45, 2.75) is 18.8 Å². The van der Waals surface area contributed by atoms with E-state index in [9.17, 15) is 4.79 Å². The van der Waals surface area contributed by atoms with Crippen LogP contribution >= 0.6 is 0 Å². The van der Waals surface area contributed by atoms with Crippen molar-refractivity contribution in [1.29, 1.82) is 0 Å². The van der Waals surface area contributed by atoms with E-state index >= 15 is 0 Å². The number of rotatable bonds is 2.